The van der Waals surface area contributed by atoms with Crippen LogP contribution in [0, 0.1) is 5.92 Å². The van der Waals surface area contributed by atoms with Crippen LogP contribution >= 0.6 is 0 Å². The molecule has 0 aliphatic heterocycles. The number of hydrogen-bond donors (Lipinski definition) is 0. The molecule has 0 bridgehead atoms. The van der Waals surface area contributed by atoms with E-state index in [1.165, 1.54) is 16.7 Å². The van der Waals surface area contributed by atoms with Crippen molar-refractivity contribution in [3.8, 4) is 5.75 Å². The van der Waals surface area contributed by atoms with Gasteiger partial charge in [0.15, 0.2) is 0 Å². The second kappa shape index (κ2) is 11.7. The minimum absolute atomic E-state index is 0. The summed E-state index contributed by atoms with van der Waals surface area (Å²) in [6.07, 6.45) is 20.5. The van der Waals surface area contributed by atoms with Crippen molar-refractivity contribution in [1.29, 1.82) is 0 Å². The minimum atomic E-state index is 0. The second-order valence-electron chi connectivity index (χ2n) is 7.93. The van der Waals surface area contributed by atoms with E-state index in [0.29, 0.717) is 0 Å². The molecular formula is C30H28OTi. The van der Waals surface area contributed by atoms with Gasteiger partial charge in [-0.25, -0.2) is 0 Å². The first-order valence-corrected chi connectivity index (χ1v) is 10.8. The molecule has 0 saturated heterocycles. The monoisotopic (exact) mass is 452 g/mol. The van der Waals surface area contributed by atoms with E-state index >= 15 is 0 Å². The molecule has 0 saturated carbocycles. The number of hydrogen-bond acceptors (Lipinski definition) is 1. The molecule has 4 rings (SSSR count). The van der Waals surface area contributed by atoms with Gasteiger partial charge in [0, 0.05) is 33.2 Å². The van der Waals surface area contributed by atoms with Gasteiger partial charge in [-0.2, -0.15) is 0 Å². The molecule has 2 aromatic carbocycles. The van der Waals surface area contributed by atoms with E-state index in [0.717, 1.165) is 29.1 Å². The average molecular weight is 452 g/mol. The smallest absolute Gasteiger partial charge is 0.135 e. The zero-order chi connectivity index (χ0) is 21.5. The van der Waals surface area contributed by atoms with E-state index in [9.17, 15) is 0 Å². The Kier molecular flexibility index (Phi) is 8.67. The van der Waals surface area contributed by atoms with Gasteiger partial charge >= 0.3 is 0 Å². The third kappa shape index (κ3) is 5.88. The van der Waals surface area contributed by atoms with Crippen molar-refractivity contribution in [2.24, 2.45) is 5.92 Å². The predicted molar refractivity (Wildman–Crippen MR) is 132 cm³/mol. The van der Waals surface area contributed by atoms with E-state index in [1.807, 2.05) is 30.3 Å². The van der Waals surface area contributed by atoms with Crippen LogP contribution in [-0.2, 0) is 21.7 Å². The molecule has 0 N–H and O–H groups in total. The van der Waals surface area contributed by atoms with Crippen LogP contribution in [0.15, 0.2) is 138 Å². The second-order valence-corrected chi connectivity index (χ2v) is 7.93. The van der Waals surface area contributed by atoms with E-state index in [2.05, 4.69) is 98.9 Å². The fourth-order valence-corrected chi connectivity index (χ4v) is 3.92. The molecule has 2 aliphatic rings. The summed E-state index contributed by atoms with van der Waals surface area (Å²) in [5, 5.41) is 0. The molecule has 1 unspecified atom stereocenters. The van der Waals surface area contributed by atoms with Gasteiger partial charge in [0.2, 0.25) is 0 Å². The molecule has 0 fully saturated rings. The van der Waals surface area contributed by atoms with Crippen LogP contribution in [0.3, 0.4) is 0 Å². The Morgan fingerprint density at radius 3 is 2.28 bits per heavy atom. The first-order chi connectivity index (χ1) is 15.2. The Bertz CT molecular complexity index is 1120. The summed E-state index contributed by atoms with van der Waals surface area (Å²) >= 11 is 0. The van der Waals surface area contributed by atoms with Crippen LogP contribution in [0.2, 0.25) is 0 Å². The third-order valence-electron chi connectivity index (χ3n) is 5.47. The van der Waals surface area contributed by atoms with E-state index in [4.69, 9.17) is 4.74 Å². The van der Waals surface area contributed by atoms with Gasteiger partial charge in [-0.1, -0.05) is 103 Å². The molecular weight excluding hydrogens is 424 g/mol. The average Bonchev–Trinajstić information content (AvgIpc) is 3.33. The summed E-state index contributed by atoms with van der Waals surface area (Å²) in [5.41, 5.74) is 6.23. The van der Waals surface area contributed by atoms with Crippen LogP contribution in [0.5, 0.6) is 5.75 Å². The van der Waals surface area contributed by atoms with Crippen molar-refractivity contribution in [3.05, 3.63) is 143 Å². The van der Waals surface area contributed by atoms with Crippen LogP contribution in [-0.4, -0.2) is 0 Å². The molecule has 1 atom stereocenters. The number of benzene rings is 2. The molecule has 2 aliphatic carbocycles. The van der Waals surface area contributed by atoms with Crippen molar-refractivity contribution in [2.75, 3.05) is 0 Å². The van der Waals surface area contributed by atoms with Crippen LogP contribution < -0.4 is 4.74 Å². The Hall–Kier alpha value is -2.87. The van der Waals surface area contributed by atoms with Crippen LogP contribution in [0.1, 0.15) is 25.8 Å². The van der Waals surface area contributed by atoms with E-state index in [-0.39, 0.29) is 27.6 Å². The summed E-state index contributed by atoms with van der Waals surface area (Å²) in [6, 6.07) is 20.5. The van der Waals surface area contributed by atoms with Crippen LogP contribution in [0.4, 0.5) is 0 Å². The zero-order valence-corrected chi connectivity index (χ0v) is 20.2. The molecule has 0 heterocycles. The van der Waals surface area contributed by atoms with Crippen molar-refractivity contribution in [3.63, 3.8) is 0 Å². The summed E-state index contributed by atoms with van der Waals surface area (Å²) in [7, 11) is 0. The fraction of sp³-hybridized carbons (Fsp3) is 0.133. The molecule has 158 valence electrons. The van der Waals surface area contributed by atoms with Crippen LogP contribution in [0.25, 0.3) is 5.57 Å². The topological polar surface area (TPSA) is 9.23 Å². The molecule has 0 spiro atoms. The maximum Gasteiger partial charge on any atom is 0.135 e. The summed E-state index contributed by atoms with van der Waals surface area (Å²) < 4.78 is 6.50. The molecule has 2 heteroatoms. The number of allylic oxidation sites excluding steroid dienone is 13. The number of para-hydroxylation sites is 1. The fourth-order valence-electron chi connectivity index (χ4n) is 3.92. The SMILES string of the molecule is CC(C)=C1C=CC=CC1C=CC(Oc1ccccc1)=C(C1=CC=CC1)c1ccccc1.[Ti]. The van der Waals surface area contributed by atoms with Crippen molar-refractivity contribution < 1.29 is 26.5 Å². The maximum atomic E-state index is 6.50. The predicted octanol–water partition coefficient (Wildman–Crippen LogP) is 8.00. The van der Waals surface area contributed by atoms with Crippen molar-refractivity contribution >= 4 is 5.57 Å². The summed E-state index contributed by atoms with van der Waals surface area (Å²) in [5.74, 6) is 1.93. The molecule has 0 amide bonds. The molecule has 2 aromatic rings. The summed E-state index contributed by atoms with van der Waals surface area (Å²) in [4.78, 5) is 0. The zero-order valence-electron chi connectivity index (χ0n) is 18.7. The molecule has 0 radical (unpaired) electrons. The third-order valence-corrected chi connectivity index (χ3v) is 5.47. The van der Waals surface area contributed by atoms with Gasteiger partial charge in [-0.05, 0) is 55.2 Å². The van der Waals surface area contributed by atoms with Gasteiger partial charge in [0.25, 0.3) is 0 Å². The van der Waals surface area contributed by atoms with Gasteiger partial charge in [0.1, 0.15) is 11.5 Å². The van der Waals surface area contributed by atoms with Gasteiger partial charge in [0.05, 0.1) is 0 Å². The van der Waals surface area contributed by atoms with Gasteiger partial charge in [-0.3, -0.25) is 0 Å². The van der Waals surface area contributed by atoms with E-state index in [1.54, 1.807) is 0 Å². The molecule has 0 aromatic heterocycles. The van der Waals surface area contributed by atoms with Crippen molar-refractivity contribution in [2.45, 2.75) is 20.3 Å². The largest absolute Gasteiger partial charge is 0.457 e. The quantitative estimate of drug-likeness (QED) is 0.245. The Balaban J connectivity index is 0.00000289. The normalized spacial score (nSPS) is 17.8. The first-order valence-electron chi connectivity index (χ1n) is 10.8. The first kappa shape index (κ1) is 23.8. The number of ether oxygens (including phenoxy) is 1. The number of rotatable bonds is 6. The Morgan fingerprint density at radius 1 is 0.906 bits per heavy atom. The van der Waals surface area contributed by atoms with Gasteiger partial charge < -0.3 is 4.74 Å². The maximum absolute atomic E-state index is 6.50. The minimum Gasteiger partial charge on any atom is -0.457 e. The van der Waals surface area contributed by atoms with Gasteiger partial charge in [-0.15, -0.1) is 0 Å². The van der Waals surface area contributed by atoms with Crippen molar-refractivity contribution in [1.82, 2.24) is 0 Å². The Morgan fingerprint density at radius 2 is 1.62 bits per heavy atom. The molecule has 1 nitrogen and oxygen atoms in total. The van der Waals surface area contributed by atoms with E-state index < -0.39 is 0 Å². The summed E-state index contributed by atoms with van der Waals surface area (Å²) in [6.45, 7) is 4.34. The molecule has 32 heavy (non-hydrogen) atoms. The Labute approximate surface area is 206 Å². The standard InChI is InChI=1S/C30H28O.Ti/c1-23(2)28-20-12-11-13-24(28)21-22-29(31-27-18-7-4-8-19-27)30(26-16-9-10-17-26)25-14-5-3-6-15-25;/h3-16,18-22,24H,17H2,1-2H3;.